The van der Waals surface area contributed by atoms with E-state index in [1.165, 1.54) is 0 Å². The van der Waals surface area contributed by atoms with E-state index in [-0.39, 0.29) is 59.7 Å². The van der Waals surface area contributed by atoms with Gasteiger partial charge in [-0.25, -0.2) is 14.0 Å². The van der Waals surface area contributed by atoms with E-state index in [4.69, 9.17) is 19.3 Å². The van der Waals surface area contributed by atoms with E-state index in [1.807, 2.05) is 42.5 Å². The fraction of sp³-hybridized carbons (Fsp3) is 0.429. The summed E-state index contributed by atoms with van der Waals surface area (Å²) in [4.78, 5) is 56.8. The van der Waals surface area contributed by atoms with E-state index in [9.17, 15) is 23.6 Å². The molecule has 3 N–H and O–H groups in total. The van der Waals surface area contributed by atoms with Crippen LogP contribution in [0.4, 0.5) is 4.39 Å². The first-order valence-electron chi connectivity index (χ1n) is 15.8. The Bertz CT molecular complexity index is 1770. The fourth-order valence-electron chi connectivity index (χ4n) is 7.06. The number of halogens is 1. The number of carbonyl (C=O) groups excluding carboxylic acids is 3. The standard InChI is InChI=1S/C35H38FN3O7/c1-20-31(46-35(43)45-20)19-44-34(42)29-17-25-15-21(7-12-28(25)38-29)16-30(40)32-26(22-5-3-2-4-6-22)13-14-39(32)33(41)24-10-8-23(9-11-24)27(37)18-36/h2-7,12,15,17,23-24,26-27,32,38H,8-11,13-14,16,18-19,37H2,1H3/t23?,24?,26-,27-,32+/m1/s1. The first-order valence-corrected chi connectivity index (χ1v) is 15.8. The van der Waals surface area contributed by atoms with Crippen molar-refractivity contribution in [2.45, 2.75) is 70.1 Å². The summed E-state index contributed by atoms with van der Waals surface area (Å²) in [5.74, 6) is -1.40. The highest BCUT2D eigenvalue weighted by atomic mass is 19.1. The number of nitrogens with one attached hydrogen (secondary N) is 1. The quantitative estimate of drug-likeness (QED) is 0.233. The number of hydrogen-bond donors (Lipinski definition) is 2. The van der Waals surface area contributed by atoms with Crippen molar-refractivity contribution in [2.75, 3.05) is 13.2 Å². The summed E-state index contributed by atoms with van der Waals surface area (Å²) >= 11 is 0. The number of amides is 1. The molecule has 0 bridgehead atoms. The van der Waals surface area contributed by atoms with Crippen molar-refractivity contribution in [2.24, 2.45) is 17.6 Å². The monoisotopic (exact) mass is 631 g/mol. The first-order chi connectivity index (χ1) is 22.2. The van der Waals surface area contributed by atoms with Crippen LogP contribution in [0.5, 0.6) is 0 Å². The Balaban J connectivity index is 1.17. The molecule has 6 rings (SSSR count). The molecule has 1 saturated carbocycles. The van der Waals surface area contributed by atoms with Gasteiger partial charge in [-0.15, -0.1) is 0 Å². The molecule has 3 atom stereocenters. The number of ether oxygens (including phenoxy) is 1. The normalized spacial score (nSPS) is 22.2. The summed E-state index contributed by atoms with van der Waals surface area (Å²) in [6.07, 6.45) is 3.53. The minimum absolute atomic E-state index is 0.00168. The van der Waals surface area contributed by atoms with E-state index < -0.39 is 30.5 Å². The number of hydrogen-bond acceptors (Lipinski definition) is 8. The number of rotatable bonds is 10. The molecule has 10 nitrogen and oxygen atoms in total. The number of likely N-dealkylation sites (tertiary alicyclic amines) is 1. The van der Waals surface area contributed by atoms with Gasteiger partial charge in [0.1, 0.15) is 12.4 Å². The van der Waals surface area contributed by atoms with Gasteiger partial charge in [0.25, 0.3) is 0 Å². The lowest BCUT2D eigenvalue weighted by Gasteiger charge is -2.35. The SMILES string of the molecule is Cc1oc(=O)oc1COC(=O)c1cc2cc(CC(=O)[C@@H]3[C@@H](c4ccccc4)CCN3C(=O)C3CCC([C@H](N)CF)CC3)ccc2[nH]1. The van der Waals surface area contributed by atoms with Crippen molar-refractivity contribution in [1.29, 1.82) is 0 Å². The van der Waals surface area contributed by atoms with Gasteiger partial charge in [0.05, 0.1) is 6.04 Å². The van der Waals surface area contributed by atoms with Gasteiger partial charge >= 0.3 is 11.8 Å². The largest absolute Gasteiger partial charge is 0.519 e. The van der Waals surface area contributed by atoms with Crippen molar-refractivity contribution in [1.82, 2.24) is 9.88 Å². The van der Waals surface area contributed by atoms with Crippen LogP contribution in [-0.2, 0) is 27.4 Å². The average Bonchev–Trinajstić information content (AvgIpc) is 3.79. The topological polar surface area (TPSA) is 149 Å². The molecule has 1 amide bonds. The maximum Gasteiger partial charge on any atom is 0.519 e. The number of nitrogens with two attached hydrogens (primary N) is 1. The smallest absolute Gasteiger partial charge is 0.453 e. The molecule has 0 unspecified atom stereocenters. The number of H-pyrrole nitrogens is 1. The number of aryl methyl sites for hydroxylation is 1. The van der Waals surface area contributed by atoms with E-state index in [1.54, 1.807) is 24.0 Å². The number of carbonyl (C=O) groups is 3. The number of fused-ring (bicyclic) bond motifs is 1. The third kappa shape index (κ3) is 6.55. The molecule has 4 aromatic rings. The second-order valence-corrected chi connectivity index (χ2v) is 12.5. The van der Waals surface area contributed by atoms with Crippen LogP contribution in [-0.4, -0.2) is 52.8 Å². The van der Waals surface area contributed by atoms with E-state index in [0.29, 0.717) is 44.2 Å². The lowest BCUT2D eigenvalue weighted by Crippen LogP contribution is -2.47. The Morgan fingerprint density at radius 3 is 2.50 bits per heavy atom. The summed E-state index contributed by atoms with van der Waals surface area (Å²) in [5, 5.41) is 0.727. The van der Waals surface area contributed by atoms with Gasteiger partial charge in [-0.3, -0.25) is 9.59 Å². The zero-order chi connectivity index (χ0) is 32.4. The van der Waals surface area contributed by atoms with Crippen molar-refractivity contribution < 1.29 is 32.3 Å². The fourth-order valence-corrected chi connectivity index (χ4v) is 7.06. The number of nitrogens with zero attached hydrogens (tertiary/aromatic N) is 1. The van der Waals surface area contributed by atoms with Crippen molar-refractivity contribution >= 4 is 28.6 Å². The average molecular weight is 632 g/mol. The van der Waals surface area contributed by atoms with Crippen molar-refractivity contribution in [3.05, 3.63) is 93.6 Å². The molecule has 46 heavy (non-hydrogen) atoms. The molecule has 2 aromatic heterocycles. The predicted octanol–water partition coefficient (Wildman–Crippen LogP) is 4.98. The van der Waals surface area contributed by atoms with Crippen LogP contribution >= 0.6 is 0 Å². The van der Waals surface area contributed by atoms with Crippen LogP contribution < -0.4 is 11.6 Å². The number of esters is 1. The minimum Gasteiger partial charge on any atom is -0.453 e. The summed E-state index contributed by atoms with van der Waals surface area (Å²) < 4.78 is 28.1. The van der Waals surface area contributed by atoms with Gasteiger partial charge in [-0.05, 0) is 74.3 Å². The molecule has 2 aromatic carbocycles. The Hall–Kier alpha value is -4.51. The number of aromatic amines is 1. The molecule has 2 fully saturated rings. The third-order valence-electron chi connectivity index (χ3n) is 9.60. The number of Topliss-reactive ketones (excluding diaryl/α,β-unsaturated/α-hetero) is 1. The highest BCUT2D eigenvalue weighted by molar-refractivity contribution is 5.96. The molecular weight excluding hydrogens is 593 g/mol. The Kier molecular flexibility index (Phi) is 9.21. The molecule has 1 aliphatic carbocycles. The summed E-state index contributed by atoms with van der Waals surface area (Å²) in [7, 11) is 0. The highest BCUT2D eigenvalue weighted by Crippen LogP contribution is 2.38. The molecule has 2 aliphatic rings. The van der Waals surface area contributed by atoms with Crippen molar-refractivity contribution in [3.8, 4) is 0 Å². The van der Waals surface area contributed by atoms with E-state index in [0.717, 1.165) is 16.5 Å². The van der Waals surface area contributed by atoms with Crippen LogP contribution in [0.1, 0.15) is 71.2 Å². The minimum atomic E-state index is -0.862. The van der Waals surface area contributed by atoms with Gasteiger partial charge in [0.15, 0.2) is 23.9 Å². The predicted molar refractivity (Wildman–Crippen MR) is 167 cm³/mol. The maximum absolute atomic E-state index is 14.1. The lowest BCUT2D eigenvalue weighted by molar-refractivity contribution is -0.142. The van der Waals surface area contributed by atoms with Gasteiger partial charge in [0.2, 0.25) is 5.91 Å². The molecular formula is C35H38FN3O7. The van der Waals surface area contributed by atoms with Gasteiger partial charge in [0, 0.05) is 41.7 Å². The number of aromatic nitrogens is 1. The molecule has 1 saturated heterocycles. The number of ketones is 1. The van der Waals surface area contributed by atoms with Crippen LogP contribution in [0.2, 0.25) is 0 Å². The van der Waals surface area contributed by atoms with E-state index in [2.05, 4.69) is 4.98 Å². The Labute approximate surface area is 265 Å². The Morgan fingerprint density at radius 1 is 1.04 bits per heavy atom. The van der Waals surface area contributed by atoms with Gasteiger partial charge in [-0.2, -0.15) is 0 Å². The molecule has 3 heterocycles. The zero-order valence-corrected chi connectivity index (χ0v) is 25.7. The van der Waals surface area contributed by atoms with Crippen LogP contribution in [0, 0.1) is 18.8 Å². The molecule has 0 radical (unpaired) electrons. The number of alkyl halides is 1. The van der Waals surface area contributed by atoms with Gasteiger partial charge < -0.3 is 29.2 Å². The maximum atomic E-state index is 14.1. The molecule has 1 aliphatic heterocycles. The van der Waals surface area contributed by atoms with Crippen LogP contribution in [0.3, 0.4) is 0 Å². The van der Waals surface area contributed by atoms with Crippen LogP contribution in [0.15, 0.2) is 68.2 Å². The summed E-state index contributed by atoms with van der Waals surface area (Å²) in [5.41, 5.74) is 8.64. The molecule has 11 heteroatoms. The second kappa shape index (κ2) is 13.5. The highest BCUT2D eigenvalue weighted by Gasteiger charge is 2.44. The lowest BCUT2D eigenvalue weighted by atomic mass is 9.78. The summed E-state index contributed by atoms with van der Waals surface area (Å²) in [6, 6.07) is 15.9. The zero-order valence-electron chi connectivity index (χ0n) is 25.7. The van der Waals surface area contributed by atoms with Crippen LogP contribution in [0.25, 0.3) is 10.9 Å². The van der Waals surface area contributed by atoms with Crippen molar-refractivity contribution in [3.63, 3.8) is 0 Å². The Morgan fingerprint density at radius 2 is 1.80 bits per heavy atom. The summed E-state index contributed by atoms with van der Waals surface area (Å²) in [6.45, 7) is 1.23. The molecule has 242 valence electrons. The van der Waals surface area contributed by atoms with Gasteiger partial charge in [-0.1, -0.05) is 36.4 Å². The first kappa shape index (κ1) is 31.5. The van der Waals surface area contributed by atoms with E-state index >= 15 is 0 Å². The third-order valence-corrected chi connectivity index (χ3v) is 9.60. The molecule has 0 spiro atoms. The number of benzene rings is 2. The second-order valence-electron chi connectivity index (χ2n) is 12.5.